The van der Waals surface area contributed by atoms with Crippen molar-refractivity contribution in [2.45, 2.75) is 18.8 Å². The maximum absolute atomic E-state index is 11.1. The summed E-state index contributed by atoms with van der Waals surface area (Å²) in [6, 6.07) is 5.41. The van der Waals surface area contributed by atoms with Gasteiger partial charge < -0.3 is 10.4 Å². The Morgan fingerprint density at radius 3 is 3.00 bits per heavy atom. The van der Waals surface area contributed by atoms with Gasteiger partial charge in [-0.05, 0) is 12.1 Å². The highest BCUT2D eigenvalue weighted by Gasteiger charge is 2.25. The van der Waals surface area contributed by atoms with Crippen molar-refractivity contribution in [2.75, 3.05) is 0 Å². The molecule has 1 amide bonds. The van der Waals surface area contributed by atoms with E-state index in [1.165, 1.54) is 0 Å². The minimum absolute atomic E-state index is 0.0866. The maximum Gasteiger partial charge on any atom is 0.225 e. The molecular formula is C9H11N3O2. The van der Waals surface area contributed by atoms with Crippen molar-refractivity contribution in [3.05, 3.63) is 30.1 Å². The second-order valence-electron chi connectivity index (χ2n) is 3.14. The first-order chi connectivity index (χ1) is 6.75. The molecule has 1 aliphatic heterocycles. The molecule has 0 aromatic carbocycles. The number of hydrogen-bond donors (Lipinski definition) is 3. The largest absolute Gasteiger partial charge is 0.378 e. The summed E-state index contributed by atoms with van der Waals surface area (Å²) in [4.78, 5) is 15.2. The molecular weight excluding hydrogens is 182 g/mol. The Hall–Kier alpha value is -1.46. The van der Waals surface area contributed by atoms with Crippen LogP contribution in [0.4, 0.5) is 0 Å². The van der Waals surface area contributed by atoms with Crippen LogP contribution < -0.4 is 10.6 Å². The SMILES string of the molecule is O=C1CC(O)NC(c2ccccn2)N1. The second kappa shape index (κ2) is 3.73. The molecule has 1 aromatic rings. The molecule has 1 aromatic heterocycles. The minimum atomic E-state index is -0.796. The zero-order valence-electron chi connectivity index (χ0n) is 7.47. The number of nitrogens with one attached hydrogen (secondary N) is 2. The summed E-state index contributed by atoms with van der Waals surface area (Å²) in [6.45, 7) is 0. The van der Waals surface area contributed by atoms with Crippen LogP contribution in [0.5, 0.6) is 0 Å². The molecule has 5 heteroatoms. The Morgan fingerprint density at radius 2 is 2.36 bits per heavy atom. The lowest BCUT2D eigenvalue weighted by Crippen LogP contribution is -2.50. The summed E-state index contributed by atoms with van der Waals surface area (Å²) in [6.07, 6.45) is 0.538. The number of pyridine rings is 1. The monoisotopic (exact) mass is 193 g/mol. The van der Waals surface area contributed by atoms with Crippen LogP contribution in [0.3, 0.4) is 0 Å². The third-order valence-corrected chi connectivity index (χ3v) is 2.03. The van der Waals surface area contributed by atoms with E-state index in [0.29, 0.717) is 5.69 Å². The molecule has 0 aliphatic carbocycles. The quantitative estimate of drug-likeness (QED) is 0.562. The van der Waals surface area contributed by atoms with Crippen molar-refractivity contribution in [2.24, 2.45) is 0 Å². The third-order valence-electron chi connectivity index (χ3n) is 2.03. The van der Waals surface area contributed by atoms with Gasteiger partial charge in [0.2, 0.25) is 5.91 Å². The molecule has 0 bridgehead atoms. The van der Waals surface area contributed by atoms with Crippen LogP contribution in [0.1, 0.15) is 18.3 Å². The van der Waals surface area contributed by atoms with Crippen LogP contribution in [0, 0.1) is 0 Å². The number of nitrogens with zero attached hydrogens (tertiary/aromatic N) is 1. The fraction of sp³-hybridized carbons (Fsp3) is 0.333. The fourth-order valence-corrected chi connectivity index (χ4v) is 1.39. The molecule has 2 rings (SSSR count). The number of aliphatic hydroxyl groups is 1. The zero-order valence-corrected chi connectivity index (χ0v) is 7.47. The van der Waals surface area contributed by atoms with Crippen molar-refractivity contribution >= 4 is 5.91 Å². The van der Waals surface area contributed by atoms with E-state index < -0.39 is 12.4 Å². The average molecular weight is 193 g/mol. The summed E-state index contributed by atoms with van der Waals surface area (Å²) in [5.41, 5.74) is 0.694. The Labute approximate surface area is 81.2 Å². The van der Waals surface area contributed by atoms with E-state index in [-0.39, 0.29) is 12.3 Å². The van der Waals surface area contributed by atoms with Crippen LogP contribution >= 0.6 is 0 Å². The van der Waals surface area contributed by atoms with Crippen molar-refractivity contribution < 1.29 is 9.90 Å². The molecule has 14 heavy (non-hydrogen) atoms. The van der Waals surface area contributed by atoms with E-state index in [1.807, 2.05) is 6.07 Å². The van der Waals surface area contributed by atoms with Crippen molar-refractivity contribution in [3.8, 4) is 0 Å². The van der Waals surface area contributed by atoms with Gasteiger partial charge in [0.1, 0.15) is 12.4 Å². The third kappa shape index (κ3) is 1.89. The van der Waals surface area contributed by atoms with Gasteiger partial charge >= 0.3 is 0 Å². The van der Waals surface area contributed by atoms with Gasteiger partial charge in [0.25, 0.3) is 0 Å². The van der Waals surface area contributed by atoms with E-state index in [4.69, 9.17) is 0 Å². The van der Waals surface area contributed by atoms with Gasteiger partial charge in [0.05, 0.1) is 12.1 Å². The summed E-state index contributed by atoms with van der Waals surface area (Å²) >= 11 is 0. The summed E-state index contributed by atoms with van der Waals surface area (Å²) < 4.78 is 0. The smallest absolute Gasteiger partial charge is 0.225 e. The van der Waals surface area contributed by atoms with Crippen molar-refractivity contribution in [1.29, 1.82) is 0 Å². The lowest BCUT2D eigenvalue weighted by Gasteiger charge is -2.27. The number of carbonyl (C=O) groups excluding carboxylic acids is 1. The van der Waals surface area contributed by atoms with Crippen LogP contribution in [0.15, 0.2) is 24.4 Å². The van der Waals surface area contributed by atoms with Gasteiger partial charge in [-0.25, -0.2) is 0 Å². The predicted molar refractivity (Wildman–Crippen MR) is 48.9 cm³/mol. The second-order valence-corrected chi connectivity index (χ2v) is 3.14. The molecule has 1 fully saturated rings. The maximum atomic E-state index is 11.1. The summed E-state index contributed by atoms with van der Waals surface area (Å²) in [5.74, 6) is -0.174. The van der Waals surface area contributed by atoms with Crippen LogP contribution in [0.25, 0.3) is 0 Å². The normalized spacial score (nSPS) is 27.1. The highest BCUT2D eigenvalue weighted by molar-refractivity contribution is 5.77. The Bertz CT molecular complexity index is 328. The first kappa shape index (κ1) is 9.11. The molecule has 0 spiro atoms. The molecule has 3 N–H and O–H groups in total. The molecule has 2 atom stereocenters. The molecule has 1 saturated heterocycles. The summed E-state index contributed by atoms with van der Waals surface area (Å²) in [5, 5.41) is 14.8. The van der Waals surface area contributed by atoms with Crippen molar-refractivity contribution in [3.63, 3.8) is 0 Å². The van der Waals surface area contributed by atoms with E-state index in [2.05, 4.69) is 15.6 Å². The van der Waals surface area contributed by atoms with E-state index >= 15 is 0 Å². The van der Waals surface area contributed by atoms with Gasteiger partial charge in [-0.15, -0.1) is 0 Å². The lowest BCUT2D eigenvalue weighted by atomic mass is 10.2. The molecule has 0 saturated carbocycles. The molecule has 2 heterocycles. The first-order valence-corrected chi connectivity index (χ1v) is 4.40. The molecule has 1 aliphatic rings. The van der Waals surface area contributed by atoms with Crippen LogP contribution in [0.2, 0.25) is 0 Å². The lowest BCUT2D eigenvalue weighted by molar-refractivity contribution is -0.128. The van der Waals surface area contributed by atoms with Crippen molar-refractivity contribution in [1.82, 2.24) is 15.6 Å². The standard InChI is InChI=1S/C9H11N3O2/c13-7-5-8(14)12-9(11-7)6-3-1-2-4-10-6/h1-4,7,9,11,13H,5H2,(H,12,14). The number of amides is 1. The van der Waals surface area contributed by atoms with Gasteiger partial charge in [-0.1, -0.05) is 6.07 Å². The number of aliphatic hydroxyl groups excluding tert-OH is 1. The van der Waals surface area contributed by atoms with Gasteiger partial charge in [-0.3, -0.25) is 15.1 Å². The van der Waals surface area contributed by atoms with Gasteiger partial charge in [0, 0.05) is 6.20 Å². The Balaban J connectivity index is 2.15. The minimum Gasteiger partial charge on any atom is -0.378 e. The Morgan fingerprint density at radius 1 is 1.50 bits per heavy atom. The average Bonchev–Trinajstić information content (AvgIpc) is 2.18. The highest BCUT2D eigenvalue weighted by atomic mass is 16.3. The van der Waals surface area contributed by atoms with E-state index in [1.54, 1.807) is 18.3 Å². The highest BCUT2D eigenvalue weighted by Crippen LogP contribution is 2.11. The molecule has 74 valence electrons. The van der Waals surface area contributed by atoms with Gasteiger partial charge in [-0.2, -0.15) is 0 Å². The first-order valence-electron chi connectivity index (χ1n) is 4.40. The molecule has 0 radical (unpaired) electrons. The number of aromatic nitrogens is 1. The van der Waals surface area contributed by atoms with Crippen LogP contribution in [-0.4, -0.2) is 22.2 Å². The zero-order chi connectivity index (χ0) is 9.97. The Kier molecular flexibility index (Phi) is 2.43. The molecule has 5 nitrogen and oxygen atoms in total. The molecule has 2 unspecified atom stereocenters. The number of hydrogen-bond acceptors (Lipinski definition) is 4. The van der Waals surface area contributed by atoms with Gasteiger partial charge in [0.15, 0.2) is 0 Å². The number of rotatable bonds is 1. The van der Waals surface area contributed by atoms with E-state index in [0.717, 1.165) is 0 Å². The summed E-state index contributed by atoms with van der Waals surface area (Å²) in [7, 11) is 0. The predicted octanol–water partition coefficient (Wildman–Crippen LogP) is -0.492. The fourth-order valence-electron chi connectivity index (χ4n) is 1.39. The van der Waals surface area contributed by atoms with Crippen LogP contribution in [-0.2, 0) is 4.79 Å². The van der Waals surface area contributed by atoms with E-state index in [9.17, 15) is 9.90 Å². The topological polar surface area (TPSA) is 74.2 Å². The number of carbonyl (C=O) groups is 1.